The van der Waals surface area contributed by atoms with Gasteiger partial charge in [0.05, 0.1) is 13.3 Å². The molecule has 0 aliphatic carbocycles. The van der Waals surface area contributed by atoms with E-state index >= 15 is 0 Å². The van der Waals surface area contributed by atoms with Gasteiger partial charge in [-0.1, -0.05) is 6.07 Å². The summed E-state index contributed by atoms with van der Waals surface area (Å²) in [4.78, 5) is 21.3. The minimum atomic E-state index is -0.618. The van der Waals surface area contributed by atoms with Crippen LogP contribution < -0.4 is 10.1 Å². The number of nitrogens with zero attached hydrogens (tertiary/aromatic N) is 5. The first-order valence-corrected chi connectivity index (χ1v) is 9.13. The third-order valence-electron chi connectivity index (χ3n) is 5.15. The molecule has 0 aromatic carbocycles. The highest BCUT2D eigenvalue weighted by atomic mass is 16.5. The third-order valence-corrected chi connectivity index (χ3v) is 5.15. The third kappa shape index (κ3) is 4.05. The molecule has 3 heterocycles. The molecule has 27 heavy (non-hydrogen) atoms. The zero-order valence-electron chi connectivity index (χ0n) is 16.5. The molecule has 0 radical (unpaired) electrons. The van der Waals surface area contributed by atoms with Crippen molar-refractivity contribution in [3.63, 3.8) is 0 Å². The summed E-state index contributed by atoms with van der Waals surface area (Å²) in [5, 5.41) is 7.68. The van der Waals surface area contributed by atoms with Crippen molar-refractivity contribution in [1.82, 2.24) is 24.6 Å². The van der Waals surface area contributed by atoms with Crippen LogP contribution in [0.3, 0.4) is 0 Å². The molecule has 8 nitrogen and oxygen atoms in total. The maximum absolute atomic E-state index is 13.0. The predicted octanol–water partition coefficient (Wildman–Crippen LogP) is 1.36. The Kier molecular flexibility index (Phi) is 5.65. The van der Waals surface area contributed by atoms with Gasteiger partial charge in [-0.2, -0.15) is 5.10 Å². The topological polar surface area (TPSA) is 75.5 Å². The van der Waals surface area contributed by atoms with E-state index in [0.717, 1.165) is 43.9 Å². The van der Waals surface area contributed by atoms with Crippen molar-refractivity contribution < 1.29 is 9.53 Å². The van der Waals surface area contributed by atoms with Crippen LogP contribution in [0.4, 0.5) is 5.82 Å². The zero-order valence-corrected chi connectivity index (χ0v) is 16.5. The van der Waals surface area contributed by atoms with Crippen LogP contribution in [0.1, 0.15) is 18.4 Å². The van der Waals surface area contributed by atoms with Gasteiger partial charge in [0.15, 0.2) is 0 Å². The molecule has 3 rings (SSSR count). The maximum Gasteiger partial charge on any atom is 0.247 e. The Balaban J connectivity index is 1.73. The molecule has 0 atom stereocenters. The number of aryl methyl sites for hydroxylation is 1. The highest BCUT2D eigenvalue weighted by molar-refractivity contribution is 5.89. The van der Waals surface area contributed by atoms with E-state index in [1.54, 1.807) is 29.1 Å². The lowest BCUT2D eigenvalue weighted by Crippen LogP contribution is -2.58. The molecule has 8 heteroatoms. The van der Waals surface area contributed by atoms with Crippen molar-refractivity contribution >= 4 is 11.7 Å². The van der Waals surface area contributed by atoms with Crippen LogP contribution in [0.5, 0.6) is 5.88 Å². The van der Waals surface area contributed by atoms with Gasteiger partial charge in [0.1, 0.15) is 11.4 Å². The average molecular weight is 372 g/mol. The van der Waals surface area contributed by atoms with E-state index in [2.05, 4.69) is 20.3 Å². The van der Waals surface area contributed by atoms with Crippen LogP contribution in [0.2, 0.25) is 0 Å². The van der Waals surface area contributed by atoms with Crippen LogP contribution in [-0.2, 0) is 18.4 Å². The second kappa shape index (κ2) is 7.96. The lowest BCUT2D eigenvalue weighted by molar-refractivity contribution is -0.135. The zero-order chi connectivity index (χ0) is 19.4. The van der Waals surface area contributed by atoms with E-state index < -0.39 is 5.54 Å². The number of pyridine rings is 1. The number of piperidine rings is 1. The summed E-state index contributed by atoms with van der Waals surface area (Å²) in [5.41, 5.74) is 0.443. The fourth-order valence-electron chi connectivity index (χ4n) is 3.62. The van der Waals surface area contributed by atoms with Gasteiger partial charge in [-0.25, -0.2) is 4.98 Å². The molecule has 2 aromatic rings. The van der Waals surface area contributed by atoms with Gasteiger partial charge in [0.2, 0.25) is 11.8 Å². The number of likely N-dealkylation sites (N-methyl/N-ethyl adjacent to an activating group) is 1. The summed E-state index contributed by atoms with van der Waals surface area (Å²) < 4.78 is 7.12. The molecule has 1 aliphatic heterocycles. The molecule has 0 bridgehead atoms. The Hall–Kier alpha value is -2.61. The van der Waals surface area contributed by atoms with E-state index in [1.165, 1.54) is 0 Å². The van der Waals surface area contributed by atoms with Gasteiger partial charge in [0, 0.05) is 58.6 Å². The second-order valence-electron chi connectivity index (χ2n) is 7.19. The first kappa shape index (κ1) is 19.2. The van der Waals surface area contributed by atoms with Crippen molar-refractivity contribution in [2.24, 2.45) is 7.05 Å². The van der Waals surface area contributed by atoms with Crippen LogP contribution in [0.25, 0.3) is 0 Å². The normalized spacial score (nSPS) is 16.7. The number of anilines is 1. The molecule has 0 unspecified atom stereocenters. The van der Waals surface area contributed by atoms with E-state index in [0.29, 0.717) is 5.88 Å². The highest BCUT2D eigenvalue weighted by Gasteiger charge is 2.42. The largest absolute Gasteiger partial charge is 0.481 e. The fraction of sp³-hybridized carbons (Fsp3) is 0.526. The molecule has 2 aromatic heterocycles. The van der Waals surface area contributed by atoms with Crippen LogP contribution in [0.15, 0.2) is 30.6 Å². The van der Waals surface area contributed by atoms with E-state index in [1.807, 2.05) is 39.3 Å². The van der Waals surface area contributed by atoms with E-state index in [4.69, 9.17) is 4.74 Å². The number of hydrogen-bond donors (Lipinski definition) is 1. The predicted molar refractivity (Wildman–Crippen MR) is 104 cm³/mol. The van der Waals surface area contributed by atoms with Gasteiger partial charge in [-0.05, 0) is 18.9 Å². The van der Waals surface area contributed by atoms with Gasteiger partial charge in [-0.3, -0.25) is 14.4 Å². The average Bonchev–Trinajstić information content (AvgIpc) is 3.07. The lowest BCUT2D eigenvalue weighted by atomic mass is 9.85. The summed E-state index contributed by atoms with van der Waals surface area (Å²) in [7, 11) is 7.13. The molecule has 0 spiro atoms. The summed E-state index contributed by atoms with van der Waals surface area (Å²) in [6.45, 7) is 2.37. The van der Waals surface area contributed by atoms with Gasteiger partial charge in [-0.15, -0.1) is 0 Å². The van der Waals surface area contributed by atoms with Crippen LogP contribution in [0, 0.1) is 0 Å². The van der Waals surface area contributed by atoms with Gasteiger partial charge >= 0.3 is 0 Å². The molecule has 1 fully saturated rings. The Bertz CT molecular complexity index is 780. The van der Waals surface area contributed by atoms with Crippen LogP contribution in [-0.4, -0.2) is 70.3 Å². The summed E-state index contributed by atoms with van der Waals surface area (Å²) >= 11 is 0. The van der Waals surface area contributed by atoms with Crippen molar-refractivity contribution in [3.05, 3.63) is 36.2 Å². The van der Waals surface area contributed by atoms with Gasteiger partial charge in [0.25, 0.3) is 0 Å². The maximum atomic E-state index is 13.0. The standard InChI is InChI=1S/C19H28N6O2/c1-23(2)18(26)19(22-16-7-11-21-24(16)3)8-12-25(13-9-19)14-15-6-5-10-20-17(15)27-4/h5-7,10-11,22H,8-9,12-14H2,1-4H3. The Morgan fingerprint density at radius 2 is 2.04 bits per heavy atom. The summed E-state index contributed by atoms with van der Waals surface area (Å²) in [6, 6.07) is 5.86. The monoisotopic (exact) mass is 372 g/mol. The number of carbonyl (C=O) groups excluding carboxylic acids is 1. The quantitative estimate of drug-likeness (QED) is 0.825. The molecular formula is C19H28N6O2. The van der Waals surface area contributed by atoms with Crippen molar-refractivity contribution in [2.45, 2.75) is 24.9 Å². The number of carbonyl (C=O) groups is 1. The molecule has 1 amide bonds. The van der Waals surface area contributed by atoms with Crippen LogP contribution >= 0.6 is 0 Å². The number of hydrogen-bond acceptors (Lipinski definition) is 6. The Morgan fingerprint density at radius 1 is 1.30 bits per heavy atom. The Morgan fingerprint density at radius 3 is 2.63 bits per heavy atom. The highest BCUT2D eigenvalue weighted by Crippen LogP contribution is 2.30. The van der Waals surface area contributed by atoms with Gasteiger partial charge < -0.3 is 15.0 Å². The smallest absolute Gasteiger partial charge is 0.247 e. The minimum absolute atomic E-state index is 0.0994. The van der Waals surface area contributed by atoms with Crippen molar-refractivity contribution in [2.75, 3.05) is 39.6 Å². The van der Waals surface area contributed by atoms with Crippen molar-refractivity contribution in [1.29, 1.82) is 0 Å². The first-order chi connectivity index (χ1) is 12.9. The molecule has 1 saturated heterocycles. The summed E-state index contributed by atoms with van der Waals surface area (Å²) in [6.07, 6.45) is 4.91. The number of aromatic nitrogens is 3. The summed E-state index contributed by atoms with van der Waals surface area (Å²) in [5.74, 6) is 1.61. The number of ether oxygens (including phenoxy) is 1. The number of likely N-dealkylation sites (tertiary alicyclic amines) is 1. The number of amides is 1. The number of nitrogens with one attached hydrogen (secondary N) is 1. The fourth-order valence-corrected chi connectivity index (χ4v) is 3.62. The molecule has 0 saturated carbocycles. The van der Waals surface area contributed by atoms with E-state index in [9.17, 15) is 4.79 Å². The Labute approximate surface area is 160 Å². The number of rotatable bonds is 6. The van der Waals surface area contributed by atoms with Crippen molar-refractivity contribution in [3.8, 4) is 5.88 Å². The first-order valence-electron chi connectivity index (χ1n) is 9.13. The molecule has 1 N–H and O–H groups in total. The van der Waals surface area contributed by atoms with E-state index in [-0.39, 0.29) is 5.91 Å². The molecular weight excluding hydrogens is 344 g/mol. The SMILES string of the molecule is COc1ncccc1CN1CCC(Nc2ccnn2C)(C(=O)N(C)C)CC1. The number of methoxy groups -OCH3 is 1. The minimum Gasteiger partial charge on any atom is -0.481 e. The lowest BCUT2D eigenvalue weighted by Gasteiger charge is -2.42. The molecule has 146 valence electrons. The molecule has 1 aliphatic rings. The second-order valence-corrected chi connectivity index (χ2v) is 7.19.